The summed E-state index contributed by atoms with van der Waals surface area (Å²) in [4.78, 5) is 9.08. The molecule has 7 rings (SSSR count). The van der Waals surface area contributed by atoms with Gasteiger partial charge in [-0.15, -0.1) is 18.2 Å². The monoisotopic (exact) mass is 875 g/mol. The van der Waals surface area contributed by atoms with Gasteiger partial charge in [-0.3, -0.25) is 0 Å². The minimum Gasteiger partial charge on any atom is 0 e. The van der Waals surface area contributed by atoms with Crippen LogP contribution in [0.5, 0.6) is 0 Å². The molecule has 4 aromatic carbocycles. The van der Waals surface area contributed by atoms with Crippen LogP contribution in [0.3, 0.4) is 0 Å². The van der Waals surface area contributed by atoms with Crippen LogP contribution in [0.15, 0.2) is 114 Å². The maximum Gasteiger partial charge on any atom is 0 e. The van der Waals surface area contributed by atoms with Crippen molar-refractivity contribution in [3.05, 3.63) is 138 Å². The fourth-order valence-electron chi connectivity index (χ4n) is 5.64. The smallest absolute Gasteiger partial charge is 0 e. The molecule has 245 valence electrons. The maximum absolute atomic E-state index is 8.33. The van der Waals surface area contributed by atoms with E-state index in [1.165, 1.54) is 16.5 Å². The molecular weight excluding hydrogens is 825 g/mol. The van der Waals surface area contributed by atoms with Gasteiger partial charge >= 0.3 is 99.8 Å². The molecule has 0 amide bonds. The quantitative estimate of drug-likeness (QED) is 0.123. The predicted molar refractivity (Wildman–Crippen MR) is 201 cm³/mol. The molecule has 3 nitrogen and oxygen atoms in total. The Morgan fingerprint density at radius 2 is 1.60 bits per heavy atom. The molecule has 5 heteroatoms. The summed E-state index contributed by atoms with van der Waals surface area (Å²) in [5.41, 5.74) is 6.83. The van der Waals surface area contributed by atoms with Crippen molar-refractivity contribution in [3.63, 3.8) is 0 Å². The summed E-state index contributed by atoms with van der Waals surface area (Å²) in [6.45, 7) is -0.375. The Hall–Kier alpha value is -3.83. The van der Waals surface area contributed by atoms with Gasteiger partial charge in [0.2, 0.25) is 0 Å². The summed E-state index contributed by atoms with van der Waals surface area (Å²) in [7, 11) is 0. The maximum atomic E-state index is 8.33. The second-order valence-corrected chi connectivity index (χ2v) is 23.9. The van der Waals surface area contributed by atoms with Crippen molar-refractivity contribution in [2.24, 2.45) is 5.92 Å². The van der Waals surface area contributed by atoms with E-state index >= 15 is 0 Å². The molecule has 1 radical (unpaired) electrons. The molecule has 0 N–H and O–H groups in total. The molecule has 0 unspecified atom stereocenters. The van der Waals surface area contributed by atoms with Gasteiger partial charge < -0.3 is 9.40 Å². The van der Waals surface area contributed by atoms with Crippen LogP contribution in [0.4, 0.5) is 0 Å². The van der Waals surface area contributed by atoms with E-state index in [1.54, 1.807) is 30.5 Å². The molecule has 0 bridgehead atoms. The van der Waals surface area contributed by atoms with Gasteiger partial charge in [-0.05, 0) is 54.5 Å². The number of nitrogens with zero attached hydrogens (tertiary/aromatic N) is 2. The Balaban J connectivity index is 0.000000276. The van der Waals surface area contributed by atoms with Crippen LogP contribution < -0.4 is 4.40 Å². The zero-order valence-corrected chi connectivity index (χ0v) is 32.3. The van der Waals surface area contributed by atoms with E-state index in [0.717, 1.165) is 34.3 Å². The van der Waals surface area contributed by atoms with Crippen molar-refractivity contribution < 1.29 is 32.7 Å². The molecule has 0 fully saturated rings. The van der Waals surface area contributed by atoms with E-state index in [1.807, 2.05) is 54.7 Å². The summed E-state index contributed by atoms with van der Waals surface area (Å²) in [5.74, 6) is 7.64. The van der Waals surface area contributed by atoms with Gasteiger partial charge in [-0.25, -0.2) is 0 Å². The summed E-state index contributed by atoms with van der Waals surface area (Å²) in [5, 5.41) is 1.48. The summed E-state index contributed by atoms with van der Waals surface area (Å²) < 4.78 is 55.6. The number of aryl methyl sites for hydroxylation is 2. The van der Waals surface area contributed by atoms with Crippen LogP contribution >= 0.6 is 0 Å². The fraction of sp³-hybridized carbons (Fsp3) is 0.209. The average Bonchev–Trinajstić information content (AvgIpc) is 3.49. The Bertz CT molecular complexity index is 2350. The van der Waals surface area contributed by atoms with Gasteiger partial charge in [0.1, 0.15) is 5.58 Å². The zero-order chi connectivity index (χ0) is 38.1. The third-order valence-corrected chi connectivity index (χ3v) is 12.4. The molecule has 0 saturated carbocycles. The standard InChI is InChI=1S/C29H26NO.C14H16GeN.Ir/c1-18(2)16-21-14-15-30-27(17-21)26-7-5-6-24-25-13-12-23(20(4)28(25)31-29(24)26)22-10-8-19(3)9-11-22;1-15(2,3)13-9-10-14(16-11-13)12-7-5-4-6-8-12;/h5-6,8-15,17-18H,16H2,1-4H3;4-7,9-11H,1-3H3;/q2*-1;/i3D3,4D3;;. The van der Waals surface area contributed by atoms with E-state index in [9.17, 15) is 0 Å². The number of benzene rings is 4. The van der Waals surface area contributed by atoms with Crippen molar-refractivity contribution in [1.82, 2.24) is 9.97 Å². The van der Waals surface area contributed by atoms with Gasteiger partial charge in [0.25, 0.3) is 0 Å². The number of hydrogen-bond donors (Lipinski definition) is 0. The van der Waals surface area contributed by atoms with Crippen molar-refractivity contribution in [1.29, 1.82) is 0 Å². The van der Waals surface area contributed by atoms with E-state index in [4.69, 9.17) is 12.6 Å². The Morgan fingerprint density at radius 3 is 2.27 bits per heavy atom. The second-order valence-electron chi connectivity index (χ2n) is 13.2. The van der Waals surface area contributed by atoms with E-state index in [0.29, 0.717) is 33.6 Å². The van der Waals surface area contributed by atoms with Crippen LogP contribution in [0, 0.1) is 31.8 Å². The summed E-state index contributed by atoms with van der Waals surface area (Å²) >= 11 is -1.72. The van der Waals surface area contributed by atoms with Crippen LogP contribution in [0.1, 0.15) is 38.8 Å². The van der Waals surface area contributed by atoms with Crippen LogP contribution in [-0.2, 0) is 26.5 Å². The molecule has 0 atom stereocenters. The first-order valence-corrected chi connectivity index (χ1v) is 23.3. The van der Waals surface area contributed by atoms with Crippen LogP contribution in [-0.4, -0.2) is 23.2 Å². The minimum atomic E-state index is -2.47. The van der Waals surface area contributed by atoms with Gasteiger partial charge in [0, 0.05) is 39.9 Å². The van der Waals surface area contributed by atoms with Gasteiger partial charge in [0.05, 0.1) is 5.58 Å². The molecule has 0 aliphatic carbocycles. The molecule has 0 aliphatic heterocycles. The number of furan rings is 1. The first-order chi connectivity index (χ1) is 25.0. The number of fused-ring (bicyclic) bond motifs is 3. The largest absolute Gasteiger partial charge is 0 e. The first kappa shape index (κ1) is 28.1. The number of aromatic nitrogens is 2. The van der Waals surface area contributed by atoms with Crippen molar-refractivity contribution in [2.45, 2.75) is 51.2 Å². The summed E-state index contributed by atoms with van der Waals surface area (Å²) in [6, 6.07) is 36.4. The Kier molecular flexibility index (Phi) is 8.86. The number of hydrogen-bond acceptors (Lipinski definition) is 3. The van der Waals surface area contributed by atoms with E-state index < -0.39 is 27.0 Å². The molecule has 0 aliphatic rings. The topological polar surface area (TPSA) is 38.9 Å². The third kappa shape index (κ3) is 7.89. The molecule has 0 saturated heterocycles. The SMILES string of the molecule is [2H]C([2H])([2H])c1ccc(-c2ccc3c(oc4c(-c5cc(CC(C)C)ccn5)[c-]ccc43)c2C([2H])([2H])[2H])cc1.[CH3][Ge]([CH3])([CH3])[c]1ccc(-c2[c-]cccc2)nc1.[Ir]. The second kappa shape index (κ2) is 15.2. The molecule has 7 aromatic rings. The fourth-order valence-corrected chi connectivity index (χ4v) is 7.82. The molecule has 3 aromatic heterocycles. The molecule has 48 heavy (non-hydrogen) atoms. The van der Waals surface area contributed by atoms with Crippen molar-refractivity contribution in [3.8, 4) is 33.6 Å². The van der Waals surface area contributed by atoms with Crippen LogP contribution in [0.2, 0.25) is 17.3 Å². The first-order valence-electron chi connectivity index (χ1n) is 18.9. The van der Waals surface area contributed by atoms with Crippen molar-refractivity contribution in [2.75, 3.05) is 0 Å². The minimum absolute atomic E-state index is 0. The average molecular weight is 874 g/mol. The van der Waals surface area contributed by atoms with Crippen LogP contribution in [0.25, 0.3) is 55.6 Å². The van der Waals surface area contributed by atoms with Gasteiger partial charge in [-0.2, -0.15) is 0 Å². The normalized spacial score (nSPS) is 13.7. The third-order valence-electron chi connectivity index (χ3n) is 8.14. The van der Waals surface area contributed by atoms with Gasteiger partial charge in [-0.1, -0.05) is 78.4 Å². The molecule has 0 spiro atoms. The number of rotatable bonds is 6. The van der Waals surface area contributed by atoms with E-state index in [2.05, 4.69) is 65.3 Å². The predicted octanol–water partition coefficient (Wildman–Crippen LogP) is 11.0. The van der Waals surface area contributed by atoms with E-state index in [-0.39, 0.29) is 36.8 Å². The molecular formula is C43H42GeIrN2O-2. The van der Waals surface area contributed by atoms with Crippen molar-refractivity contribution >= 4 is 39.6 Å². The Morgan fingerprint density at radius 1 is 0.792 bits per heavy atom. The summed E-state index contributed by atoms with van der Waals surface area (Å²) in [6.07, 6.45) is 4.73. The van der Waals surface area contributed by atoms with Gasteiger partial charge in [0.15, 0.2) is 0 Å². The number of pyridine rings is 2. The zero-order valence-electron chi connectivity index (χ0n) is 33.8. The Labute approximate surface area is 310 Å². The molecule has 3 heterocycles.